The molecule has 112 valence electrons. The quantitative estimate of drug-likeness (QED) is 0.720. The summed E-state index contributed by atoms with van der Waals surface area (Å²) in [4.78, 5) is 9.11. The highest BCUT2D eigenvalue weighted by molar-refractivity contribution is 5.53. The van der Waals surface area contributed by atoms with Crippen LogP contribution in [0.3, 0.4) is 0 Å². The second kappa shape index (κ2) is 5.69. The maximum Gasteiger partial charge on any atom is 0.226 e. The summed E-state index contributed by atoms with van der Waals surface area (Å²) in [6, 6.07) is 15.8. The first-order valence-corrected chi connectivity index (χ1v) is 7.74. The molecule has 0 spiro atoms. The van der Waals surface area contributed by atoms with Crippen molar-refractivity contribution in [1.29, 1.82) is 5.26 Å². The van der Waals surface area contributed by atoms with E-state index in [4.69, 9.17) is 4.42 Å². The fourth-order valence-electron chi connectivity index (χ4n) is 3.15. The number of nitriles is 1. The van der Waals surface area contributed by atoms with Crippen molar-refractivity contribution in [2.45, 2.75) is 25.2 Å². The standard InChI is InChI=1S/C19H15N3O/c20-12-15-7-4-10-21-18(15)14-8-9-17-16(11-14)22-19(23-17)13-5-2-1-3-6-13/h1-7,10,14H,8-9,11H2. The normalized spacial score (nSPS) is 16.6. The Kier molecular flexibility index (Phi) is 3.39. The lowest BCUT2D eigenvalue weighted by atomic mass is 9.86. The van der Waals surface area contributed by atoms with E-state index in [2.05, 4.69) is 16.0 Å². The average Bonchev–Trinajstić information content (AvgIpc) is 3.05. The lowest BCUT2D eigenvalue weighted by Crippen LogP contribution is -2.14. The second-order valence-electron chi connectivity index (χ2n) is 5.74. The monoisotopic (exact) mass is 301 g/mol. The molecule has 0 saturated carbocycles. The van der Waals surface area contributed by atoms with Crippen LogP contribution in [-0.2, 0) is 12.8 Å². The molecule has 1 aromatic carbocycles. The van der Waals surface area contributed by atoms with Gasteiger partial charge in [-0.15, -0.1) is 0 Å². The highest BCUT2D eigenvalue weighted by Crippen LogP contribution is 2.35. The lowest BCUT2D eigenvalue weighted by molar-refractivity contribution is 0.461. The van der Waals surface area contributed by atoms with Gasteiger partial charge in [-0.25, -0.2) is 4.98 Å². The molecule has 4 rings (SSSR count). The highest BCUT2D eigenvalue weighted by atomic mass is 16.4. The number of benzene rings is 1. The average molecular weight is 301 g/mol. The Morgan fingerprint density at radius 3 is 2.83 bits per heavy atom. The minimum Gasteiger partial charge on any atom is -0.441 e. The van der Waals surface area contributed by atoms with Crippen molar-refractivity contribution in [1.82, 2.24) is 9.97 Å². The summed E-state index contributed by atoms with van der Waals surface area (Å²) < 4.78 is 5.94. The summed E-state index contributed by atoms with van der Waals surface area (Å²) in [6.45, 7) is 0. The Morgan fingerprint density at radius 1 is 1.13 bits per heavy atom. The molecule has 1 aliphatic rings. The van der Waals surface area contributed by atoms with E-state index >= 15 is 0 Å². The van der Waals surface area contributed by atoms with Crippen molar-refractivity contribution >= 4 is 0 Å². The van der Waals surface area contributed by atoms with Crippen LogP contribution in [0.15, 0.2) is 53.1 Å². The van der Waals surface area contributed by atoms with Gasteiger partial charge in [-0.3, -0.25) is 4.98 Å². The van der Waals surface area contributed by atoms with E-state index in [1.165, 1.54) is 0 Å². The van der Waals surface area contributed by atoms with Gasteiger partial charge in [0.05, 0.1) is 17.0 Å². The van der Waals surface area contributed by atoms with Crippen LogP contribution in [0.1, 0.15) is 35.1 Å². The first-order valence-electron chi connectivity index (χ1n) is 7.74. The molecule has 0 bridgehead atoms. The summed E-state index contributed by atoms with van der Waals surface area (Å²) in [7, 11) is 0. The Labute approximate surface area is 134 Å². The van der Waals surface area contributed by atoms with Gasteiger partial charge in [0.15, 0.2) is 0 Å². The molecule has 0 saturated heterocycles. The third-order valence-corrected chi connectivity index (χ3v) is 4.30. The number of oxazole rings is 1. The van der Waals surface area contributed by atoms with Crippen LogP contribution in [-0.4, -0.2) is 9.97 Å². The van der Waals surface area contributed by atoms with Crippen molar-refractivity contribution in [2.75, 3.05) is 0 Å². The van der Waals surface area contributed by atoms with E-state index < -0.39 is 0 Å². The van der Waals surface area contributed by atoms with Crippen LogP contribution in [0.4, 0.5) is 0 Å². The summed E-state index contributed by atoms with van der Waals surface area (Å²) in [5, 5.41) is 9.27. The van der Waals surface area contributed by atoms with E-state index in [-0.39, 0.29) is 5.92 Å². The smallest absolute Gasteiger partial charge is 0.226 e. The molecule has 1 aliphatic carbocycles. The van der Waals surface area contributed by atoms with Crippen molar-refractivity contribution in [3.8, 4) is 17.5 Å². The maximum absolute atomic E-state index is 9.27. The predicted octanol–water partition coefficient (Wildman–Crippen LogP) is 3.88. The molecule has 2 heterocycles. The minimum atomic E-state index is 0.229. The molecule has 2 aromatic heterocycles. The fourth-order valence-corrected chi connectivity index (χ4v) is 3.15. The molecule has 0 N–H and O–H groups in total. The van der Waals surface area contributed by atoms with Gasteiger partial charge < -0.3 is 4.42 Å². The third kappa shape index (κ3) is 2.51. The first-order chi connectivity index (χ1) is 11.3. The number of pyridine rings is 1. The van der Waals surface area contributed by atoms with E-state index in [9.17, 15) is 5.26 Å². The molecule has 4 heteroatoms. The van der Waals surface area contributed by atoms with Gasteiger partial charge in [0, 0.05) is 30.5 Å². The number of rotatable bonds is 2. The van der Waals surface area contributed by atoms with Gasteiger partial charge in [-0.1, -0.05) is 18.2 Å². The molecule has 0 aliphatic heterocycles. The second-order valence-corrected chi connectivity index (χ2v) is 5.74. The number of hydrogen-bond donors (Lipinski definition) is 0. The van der Waals surface area contributed by atoms with E-state index in [1.807, 2.05) is 36.4 Å². The van der Waals surface area contributed by atoms with Crippen LogP contribution in [0.25, 0.3) is 11.5 Å². The van der Waals surface area contributed by atoms with Crippen LogP contribution < -0.4 is 0 Å². The van der Waals surface area contributed by atoms with Crippen molar-refractivity contribution in [2.24, 2.45) is 0 Å². The highest BCUT2D eigenvalue weighted by Gasteiger charge is 2.27. The Balaban J connectivity index is 1.65. The summed E-state index contributed by atoms with van der Waals surface area (Å²) in [6.07, 6.45) is 4.30. The zero-order chi connectivity index (χ0) is 15.6. The largest absolute Gasteiger partial charge is 0.441 e. The number of nitrogens with zero attached hydrogens (tertiary/aromatic N) is 3. The zero-order valence-electron chi connectivity index (χ0n) is 12.6. The van der Waals surface area contributed by atoms with Gasteiger partial charge in [-0.2, -0.15) is 5.26 Å². The minimum absolute atomic E-state index is 0.229. The molecule has 3 aromatic rings. The van der Waals surface area contributed by atoms with Crippen LogP contribution >= 0.6 is 0 Å². The summed E-state index contributed by atoms with van der Waals surface area (Å²) >= 11 is 0. The molecule has 4 nitrogen and oxygen atoms in total. The van der Waals surface area contributed by atoms with Gasteiger partial charge in [0.2, 0.25) is 5.89 Å². The van der Waals surface area contributed by atoms with Crippen LogP contribution in [0.2, 0.25) is 0 Å². The van der Waals surface area contributed by atoms with Gasteiger partial charge in [0.25, 0.3) is 0 Å². The molecule has 23 heavy (non-hydrogen) atoms. The zero-order valence-corrected chi connectivity index (χ0v) is 12.6. The van der Waals surface area contributed by atoms with E-state index in [1.54, 1.807) is 12.3 Å². The molecule has 0 radical (unpaired) electrons. The first kappa shape index (κ1) is 13.7. The third-order valence-electron chi connectivity index (χ3n) is 4.30. The number of aryl methyl sites for hydroxylation is 1. The van der Waals surface area contributed by atoms with Crippen molar-refractivity contribution in [3.05, 3.63) is 71.4 Å². The van der Waals surface area contributed by atoms with Crippen molar-refractivity contribution < 1.29 is 4.42 Å². The molecular formula is C19H15N3O. The van der Waals surface area contributed by atoms with Gasteiger partial charge in [0.1, 0.15) is 11.8 Å². The Morgan fingerprint density at radius 2 is 2.00 bits per heavy atom. The number of aromatic nitrogens is 2. The van der Waals surface area contributed by atoms with Gasteiger partial charge >= 0.3 is 0 Å². The topological polar surface area (TPSA) is 62.7 Å². The molecule has 0 fully saturated rings. The Hall–Kier alpha value is -2.93. The van der Waals surface area contributed by atoms with Crippen LogP contribution in [0.5, 0.6) is 0 Å². The molecular weight excluding hydrogens is 286 g/mol. The van der Waals surface area contributed by atoms with E-state index in [0.717, 1.165) is 42.0 Å². The number of hydrogen-bond acceptors (Lipinski definition) is 4. The predicted molar refractivity (Wildman–Crippen MR) is 85.7 cm³/mol. The SMILES string of the molecule is N#Cc1cccnc1C1CCc2oc(-c3ccccc3)nc2C1. The molecule has 1 unspecified atom stereocenters. The molecule has 1 atom stereocenters. The Bertz CT molecular complexity index is 877. The van der Waals surface area contributed by atoms with Crippen LogP contribution in [0, 0.1) is 11.3 Å². The number of fused-ring (bicyclic) bond motifs is 1. The molecule has 0 amide bonds. The van der Waals surface area contributed by atoms with Crippen molar-refractivity contribution in [3.63, 3.8) is 0 Å². The fraction of sp³-hybridized carbons (Fsp3) is 0.211. The van der Waals surface area contributed by atoms with E-state index in [0.29, 0.717) is 11.5 Å². The maximum atomic E-state index is 9.27. The lowest BCUT2D eigenvalue weighted by Gasteiger charge is -2.20. The summed E-state index contributed by atoms with van der Waals surface area (Å²) in [5.74, 6) is 1.87. The summed E-state index contributed by atoms with van der Waals surface area (Å²) in [5.41, 5.74) is 3.53. The van der Waals surface area contributed by atoms with Gasteiger partial charge in [-0.05, 0) is 30.7 Å².